The van der Waals surface area contributed by atoms with Crippen molar-refractivity contribution in [2.24, 2.45) is 0 Å². The van der Waals surface area contributed by atoms with E-state index in [-0.39, 0.29) is 11.0 Å². The lowest BCUT2D eigenvalue weighted by atomic mass is 10.2. The molecule has 1 aliphatic rings. The highest BCUT2D eigenvalue weighted by molar-refractivity contribution is 7.92. The van der Waals surface area contributed by atoms with Gasteiger partial charge in [-0.3, -0.25) is 9.88 Å². The van der Waals surface area contributed by atoms with Crippen molar-refractivity contribution in [1.82, 2.24) is 9.88 Å². The average Bonchev–Trinajstić information content (AvgIpc) is 2.45. The lowest BCUT2D eigenvalue weighted by molar-refractivity contribution is 0.282. The van der Waals surface area contributed by atoms with Crippen LogP contribution in [0.15, 0.2) is 18.3 Å². The number of aryl methyl sites for hydroxylation is 1. The molecule has 0 radical (unpaired) electrons. The summed E-state index contributed by atoms with van der Waals surface area (Å²) in [6.07, 6.45) is 2.51. The van der Waals surface area contributed by atoms with Crippen LogP contribution in [0.2, 0.25) is 0 Å². The fraction of sp³-hybridized carbons (Fsp3) is 0.615. The molecular weight excluding hydrogens is 248 g/mol. The van der Waals surface area contributed by atoms with Gasteiger partial charge >= 0.3 is 0 Å². The molecule has 1 atom stereocenters. The molecule has 5 heteroatoms. The first-order valence-electron chi connectivity index (χ1n) is 6.33. The minimum absolute atomic E-state index is 0.211. The third kappa shape index (κ3) is 3.09. The van der Waals surface area contributed by atoms with Gasteiger partial charge in [-0.1, -0.05) is 6.07 Å². The Bertz CT molecular complexity index is 513. The van der Waals surface area contributed by atoms with Crippen molar-refractivity contribution < 1.29 is 8.42 Å². The van der Waals surface area contributed by atoms with Crippen LogP contribution >= 0.6 is 0 Å². The van der Waals surface area contributed by atoms with Crippen LogP contribution in [0.4, 0.5) is 0 Å². The van der Waals surface area contributed by atoms with Crippen LogP contribution < -0.4 is 0 Å². The van der Waals surface area contributed by atoms with Gasteiger partial charge in [-0.05, 0) is 38.4 Å². The summed E-state index contributed by atoms with van der Waals surface area (Å²) in [4.78, 5) is 6.48. The molecule has 1 fully saturated rings. The maximum atomic E-state index is 11.8. The Morgan fingerprint density at radius 3 is 2.94 bits per heavy atom. The highest BCUT2D eigenvalue weighted by Gasteiger charge is 2.26. The molecule has 0 N–H and O–H groups in total. The van der Waals surface area contributed by atoms with E-state index < -0.39 is 9.84 Å². The van der Waals surface area contributed by atoms with Crippen molar-refractivity contribution in [3.05, 3.63) is 29.6 Å². The summed E-state index contributed by atoms with van der Waals surface area (Å²) >= 11 is 0. The van der Waals surface area contributed by atoms with Gasteiger partial charge < -0.3 is 0 Å². The Morgan fingerprint density at radius 2 is 2.22 bits per heavy atom. The second-order valence-corrected chi connectivity index (χ2v) is 7.53. The van der Waals surface area contributed by atoms with E-state index in [1.165, 1.54) is 5.56 Å². The maximum absolute atomic E-state index is 11.8. The zero-order valence-corrected chi connectivity index (χ0v) is 11.8. The van der Waals surface area contributed by atoms with Gasteiger partial charge in [0.15, 0.2) is 9.84 Å². The van der Waals surface area contributed by atoms with E-state index in [1.807, 2.05) is 19.9 Å². The van der Waals surface area contributed by atoms with Gasteiger partial charge in [-0.2, -0.15) is 0 Å². The molecule has 0 saturated carbocycles. The number of nitrogens with zero attached hydrogens (tertiary/aromatic N) is 2. The highest BCUT2D eigenvalue weighted by atomic mass is 32.2. The summed E-state index contributed by atoms with van der Waals surface area (Å²) in [5.74, 6) is 0.271. The minimum Gasteiger partial charge on any atom is -0.298 e. The fourth-order valence-corrected chi connectivity index (χ4v) is 3.58. The van der Waals surface area contributed by atoms with Crippen LogP contribution in [0.25, 0.3) is 0 Å². The second-order valence-electron chi connectivity index (χ2n) is 4.99. The molecular formula is C13H20N2O2S. The number of pyridine rings is 1. The van der Waals surface area contributed by atoms with Crippen LogP contribution in [-0.4, -0.2) is 42.4 Å². The predicted molar refractivity (Wildman–Crippen MR) is 72.1 cm³/mol. The van der Waals surface area contributed by atoms with Crippen molar-refractivity contribution in [3.8, 4) is 0 Å². The third-order valence-electron chi connectivity index (χ3n) is 3.67. The van der Waals surface area contributed by atoms with Gasteiger partial charge in [0.2, 0.25) is 0 Å². The number of sulfone groups is 1. The summed E-state index contributed by atoms with van der Waals surface area (Å²) in [5, 5.41) is -0.211. The molecule has 18 heavy (non-hydrogen) atoms. The minimum atomic E-state index is -2.89. The van der Waals surface area contributed by atoms with Gasteiger partial charge in [-0.15, -0.1) is 0 Å². The standard InChI is InChI=1S/C13H20N2O2S/c1-11-5-7-15(8-9-18(11,16)17)10-13-4-3-6-14-12(13)2/h3-4,6,11H,5,7-10H2,1-2H3. The van der Waals surface area contributed by atoms with Crippen LogP contribution in [0.5, 0.6) is 0 Å². The molecule has 0 aromatic carbocycles. The van der Waals surface area contributed by atoms with Crippen molar-refractivity contribution in [3.63, 3.8) is 0 Å². The molecule has 0 bridgehead atoms. The molecule has 0 spiro atoms. The monoisotopic (exact) mass is 268 g/mol. The molecule has 2 rings (SSSR count). The van der Waals surface area contributed by atoms with Gasteiger partial charge in [0.25, 0.3) is 0 Å². The summed E-state index contributed by atoms with van der Waals surface area (Å²) < 4.78 is 23.7. The van der Waals surface area contributed by atoms with Gasteiger partial charge in [0, 0.05) is 25.0 Å². The van der Waals surface area contributed by atoms with Crippen LogP contribution in [0.3, 0.4) is 0 Å². The molecule has 1 aliphatic heterocycles. The summed E-state index contributed by atoms with van der Waals surface area (Å²) in [5.41, 5.74) is 2.21. The third-order valence-corrected chi connectivity index (χ3v) is 5.88. The van der Waals surface area contributed by atoms with E-state index in [1.54, 1.807) is 6.20 Å². The average molecular weight is 268 g/mol. The van der Waals surface area contributed by atoms with Crippen molar-refractivity contribution in [2.75, 3.05) is 18.8 Å². The molecule has 1 aromatic heterocycles. The molecule has 4 nitrogen and oxygen atoms in total. The summed E-state index contributed by atoms with van der Waals surface area (Å²) in [6, 6.07) is 3.99. The SMILES string of the molecule is Cc1ncccc1CN1CCC(C)S(=O)(=O)CC1. The van der Waals surface area contributed by atoms with E-state index >= 15 is 0 Å². The smallest absolute Gasteiger partial charge is 0.154 e. The topological polar surface area (TPSA) is 50.3 Å². The Balaban J connectivity index is 2.06. The van der Waals surface area contributed by atoms with E-state index in [9.17, 15) is 8.42 Å². The number of hydrogen-bond donors (Lipinski definition) is 0. The second kappa shape index (κ2) is 5.36. The van der Waals surface area contributed by atoms with Gasteiger partial charge in [-0.25, -0.2) is 8.42 Å². The molecule has 1 aromatic rings. The van der Waals surface area contributed by atoms with Crippen molar-refractivity contribution in [2.45, 2.75) is 32.1 Å². The molecule has 2 heterocycles. The van der Waals surface area contributed by atoms with Crippen molar-refractivity contribution >= 4 is 9.84 Å². The maximum Gasteiger partial charge on any atom is 0.154 e. The lowest BCUT2D eigenvalue weighted by Crippen LogP contribution is -2.27. The zero-order valence-electron chi connectivity index (χ0n) is 11.0. The zero-order chi connectivity index (χ0) is 13.2. The number of aromatic nitrogens is 1. The highest BCUT2D eigenvalue weighted by Crippen LogP contribution is 2.16. The Labute approximate surface area is 109 Å². The number of rotatable bonds is 2. The molecule has 1 saturated heterocycles. The number of hydrogen-bond acceptors (Lipinski definition) is 4. The summed E-state index contributed by atoms with van der Waals surface area (Å²) in [6.45, 7) is 6.07. The van der Waals surface area contributed by atoms with E-state index in [0.29, 0.717) is 6.54 Å². The van der Waals surface area contributed by atoms with Crippen LogP contribution in [0, 0.1) is 6.92 Å². The molecule has 100 valence electrons. The Kier molecular flexibility index (Phi) is 4.02. The van der Waals surface area contributed by atoms with Crippen LogP contribution in [0.1, 0.15) is 24.6 Å². The van der Waals surface area contributed by atoms with Crippen LogP contribution in [-0.2, 0) is 16.4 Å². The van der Waals surface area contributed by atoms with Gasteiger partial charge in [0.1, 0.15) is 0 Å². The molecule has 1 unspecified atom stereocenters. The van der Waals surface area contributed by atoms with E-state index in [0.717, 1.165) is 25.2 Å². The van der Waals surface area contributed by atoms with Gasteiger partial charge in [0.05, 0.1) is 11.0 Å². The Morgan fingerprint density at radius 1 is 1.44 bits per heavy atom. The largest absolute Gasteiger partial charge is 0.298 e. The fourth-order valence-electron chi connectivity index (χ4n) is 2.20. The van der Waals surface area contributed by atoms with E-state index in [2.05, 4.69) is 16.0 Å². The molecule has 0 amide bonds. The first kappa shape index (κ1) is 13.5. The predicted octanol–water partition coefficient (Wildman–Crippen LogP) is 1.40. The normalized spacial score (nSPS) is 24.7. The first-order valence-corrected chi connectivity index (χ1v) is 8.05. The van der Waals surface area contributed by atoms with Crippen molar-refractivity contribution in [1.29, 1.82) is 0 Å². The lowest BCUT2D eigenvalue weighted by Gasteiger charge is -2.19. The quantitative estimate of drug-likeness (QED) is 0.813. The van der Waals surface area contributed by atoms with E-state index in [4.69, 9.17) is 0 Å². The Hall–Kier alpha value is -0.940. The molecule has 0 aliphatic carbocycles. The first-order chi connectivity index (χ1) is 8.49. The summed E-state index contributed by atoms with van der Waals surface area (Å²) in [7, 11) is -2.89.